The lowest BCUT2D eigenvalue weighted by Gasteiger charge is -2.35. The van der Waals surface area contributed by atoms with Crippen molar-refractivity contribution >= 4 is 28.9 Å². The van der Waals surface area contributed by atoms with Crippen LogP contribution in [0, 0.1) is 11.3 Å². The predicted octanol–water partition coefficient (Wildman–Crippen LogP) is 4.70. The minimum absolute atomic E-state index is 0.0319. The van der Waals surface area contributed by atoms with E-state index in [0.29, 0.717) is 5.71 Å². The summed E-state index contributed by atoms with van der Waals surface area (Å²) in [6.07, 6.45) is 11.4. The number of carbonyl (C=O) groups excluding carboxylic acids is 2. The van der Waals surface area contributed by atoms with Crippen LogP contribution in [0.25, 0.3) is 0 Å². The second-order valence-electron chi connectivity index (χ2n) is 8.88. The summed E-state index contributed by atoms with van der Waals surface area (Å²) in [6, 6.07) is 4.06. The fraction of sp³-hybridized carbons (Fsp3) is 0.435. The quantitative estimate of drug-likeness (QED) is 0.790. The van der Waals surface area contributed by atoms with Gasteiger partial charge >= 0.3 is 0 Å². The van der Waals surface area contributed by atoms with Crippen LogP contribution in [0.1, 0.15) is 51.3 Å². The molecule has 1 aliphatic heterocycles. The minimum Gasteiger partial charge on any atom is -0.325 e. The molecule has 1 N–H and O–H groups in total. The van der Waals surface area contributed by atoms with Gasteiger partial charge in [0.1, 0.15) is 0 Å². The van der Waals surface area contributed by atoms with E-state index in [1.165, 1.54) is 0 Å². The lowest BCUT2D eigenvalue weighted by molar-refractivity contribution is -0.123. The molecule has 1 aromatic heterocycles. The molecular weight excluding hydrogens is 368 g/mol. The molecule has 1 fully saturated rings. The van der Waals surface area contributed by atoms with Crippen molar-refractivity contribution < 1.29 is 9.59 Å². The average Bonchev–Trinajstić information content (AvgIpc) is 3.32. The van der Waals surface area contributed by atoms with Gasteiger partial charge in [-0.25, -0.2) is 4.99 Å². The summed E-state index contributed by atoms with van der Waals surface area (Å²) in [5.74, 6) is -0.139. The van der Waals surface area contributed by atoms with Crippen molar-refractivity contribution in [2.24, 2.45) is 16.3 Å². The van der Waals surface area contributed by atoms with Crippen molar-refractivity contribution in [3.05, 3.63) is 58.0 Å². The molecule has 1 aromatic rings. The van der Waals surface area contributed by atoms with Gasteiger partial charge in [-0.05, 0) is 47.4 Å². The topological polar surface area (TPSA) is 58.5 Å². The van der Waals surface area contributed by atoms with Gasteiger partial charge in [0.2, 0.25) is 5.91 Å². The van der Waals surface area contributed by atoms with Crippen LogP contribution in [0.15, 0.2) is 58.1 Å². The van der Waals surface area contributed by atoms with E-state index in [0.717, 1.165) is 41.8 Å². The molecule has 5 heteroatoms. The summed E-state index contributed by atoms with van der Waals surface area (Å²) in [6.45, 7) is 6.34. The largest absolute Gasteiger partial charge is 0.325 e. The molecule has 1 unspecified atom stereocenters. The lowest BCUT2D eigenvalue weighted by Crippen LogP contribution is -2.37. The Morgan fingerprint density at radius 3 is 2.64 bits per heavy atom. The molecule has 0 spiro atoms. The Kier molecular flexibility index (Phi) is 4.74. The van der Waals surface area contributed by atoms with Crippen LogP contribution < -0.4 is 5.32 Å². The van der Waals surface area contributed by atoms with Crippen LogP contribution in [0.3, 0.4) is 0 Å². The molecule has 1 saturated carbocycles. The first-order valence-corrected chi connectivity index (χ1v) is 10.8. The summed E-state index contributed by atoms with van der Waals surface area (Å²) < 4.78 is 0. The molecule has 146 valence electrons. The number of aliphatic imine (C=N–C) groups is 1. The molecule has 3 aliphatic rings. The van der Waals surface area contributed by atoms with E-state index < -0.39 is 5.41 Å². The highest BCUT2D eigenvalue weighted by Gasteiger charge is 2.43. The van der Waals surface area contributed by atoms with E-state index in [1.807, 2.05) is 29.7 Å². The van der Waals surface area contributed by atoms with E-state index in [9.17, 15) is 9.59 Å². The van der Waals surface area contributed by atoms with Crippen molar-refractivity contribution in [1.82, 2.24) is 5.32 Å². The molecule has 0 bridgehead atoms. The van der Waals surface area contributed by atoms with Crippen LogP contribution in [0.4, 0.5) is 0 Å². The van der Waals surface area contributed by atoms with Crippen molar-refractivity contribution in [2.45, 2.75) is 51.9 Å². The maximum absolute atomic E-state index is 13.2. The van der Waals surface area contributed by atoms with Gasteiger partial charge in [0.25, 0.3) is 5.91 Å². The fourth-order valence-electron chi connectivity index (χ4n) is 4.46. The lowest BCUT2D eigenvalue weighted by atomic mass is 9.74. The maximum atomic E-state index is 13.2. The van der Waals surface area contributed by atoms with E-state index in [4.69, 9.17) is 0 Å². The van der Waals surface area contributed by atoms with E-state index >= 15 is 0 Å². The Hall–Kier alpha value is -2.27. The molecule has 4 rings (SSSR count). The number of rotatable bonds is 2. The molecule has 2 heterocycles. The number of hydrogen-bond acceptors (Lipinski definition) is 3. The van der Waals surface area contributed by atoms with E-state index in [2.05, 4.69) is 37.1 Å². The van der Waals surface area contributed by atoms with Gasteiger partial charge in [-0.3, -0.25) is 9.59 Å². The third-order valence-corrected chi connectivity index (χ3v) is 7.02. The molecular formula is C23H26N2O2S. The number of nitrogens with one attached hydrogen (secondary N) is 1. The highest BCUT2D eigenvalue weighted by atomic mass is 32.1. The third-order valence-electron chi connectivity index (χ3n) is 5.94. The van der Waals surface area contributed by atoms with Gasteiger partial charge in [-0.1, -0.05) is 45.8 Å². The number of fused-ring (bicyclic) bond motifs is 1. The van der Waals surface area contributed by atoms with Crippen molar-refractivity contribution in [3.8, 4) is 0 Å². The Labute approximate surface area is 170 Å². The Balaban J connectivity index is 1.65. The normalized spacial score (nSPS) is 25.2. The van der Waals surface area contributed by atoms with Crippen molar-refractivity contribution in [1.29, 1.82) is 0 Å². The third kappa shape index (κ3) is 3.32. The Morgan fingerprint density at radius 2 is 2.00 bits per heavy atom. The SMILES string of the molecule is CC(C)(C)C1=CC(=O)NC2=CC(=NC(=O)C3(c4cccs4)CCCC3)C=CC21. The fourth-order valence-corrected chi connectivity index (χ4v) is 5.44. The summed E-state index contributed by atoms with van der Waals surface area (Å²) in [4.78, 5) is 31.0. The first-order chi connectivity index (χ1) is 13.3. The zero-order valence-electron chi connectivity index (χ0n) is 16.6. The molecule has 0 aromatic carbocycles. The highest BCUT2D eigenvalue weighted by Crippen LogP contribution is 2.44. The zero-order valence-corrected chi connectivity index (χ0v) is 17.4. The van der Waals surface area contributed by atoms with Crippen LogP contribution in [-0.2, 0) is 15.0 Å². The summed E-state index contributed by atoms with van der Waals surface area (Å²) in [5.41, 5.74) is 1.92. The van der Waals surface area contributed by atoms with Crippen LogP contribution in [0.2, 0.25) is 0 Å². The molecule has 4 nitrogen and oxygen atoms in total. The number of nitrogens with zero attached hydrogens (tertiary/aromatic N) is 1. The standard InChI is InChI=1S/C23H26N2O2S/c1-22(2,3)17-14-20(26)25-18-13-15(8-9-16(17)18)24-21(27)23(10-4-5-11-23)19-7-6-12-28-19/h6-9,12-14,16H,4-5,10-11H2,1-3H3,(H,25,26). The molecule has 0 saturated heterocycles. The van der Waals surface area contributed by atoms with Gasteiger partial charge < -0.3 is 5.32 Å². The number of carbonyl (C=O) groups is 2. The summed E-state index contributed by atoms with van der Waals surface area (Å²) in [5, 5.41) is 4.96. The van der Waals surface area contributed by atoms with Gasteiger partial charge in [-0.15, -0.1) is 11.3 Å². The summed E-state index contributed by atoms with van der Waals surface area (Å²) in [7, 11) is 0. The molecule has 1 atom stereocenters. The van der Waals surface area contributed by atoms with Gasteiger partial charge in [0, 0.05) is 22.6 Å². The molecule has 0 radical (unpaired) electrons. The first kappa shape index (κ1) is 19.1. The smallest absolute Gasteiger partial charge is 0.257 e. The van der Waals surface area contributed by atoms with Crippen LogP contribution in [-0.4, -0.2) is 17.5 Å². The van der Waals surface area contributed by atoms with Crippen molar-refractivity contribution in [3.63, 3.8) is 0 Å². The number of amides is 2. The number of allylic oxidation sites excluding steroid dienone is 3. The second-order valence-corrected chi connectivity index (χ2v) is 9.83. The Bertz CT molecular complexity index is 920. The Morgan fingerprint density at radius 1 is 1.25 bits per heavy atom. The van der Waals surface area contributed by atoms with E-state index in [-0.39, 0.29) is 23.1 Å². The van der Waals surface area contributed by atoms with Crippen molar-refractivity contribution in [2.75, 3.05) is 0 Å². The average molecular weight is 395 g/mol. The highest BCUT2D eigenvalue weighted by molar-refractivity contribution is 7.10. The van der Waals surface area contributed by atoms with Gasteiger partial charge in [0.15, 0.2) is 0 Å². The molecule has 2 aliphatic carbocycles. The van der Waals surface area contributed by atoms with E-state index in [1.54, 1.807) is 17.4 Å². The first-order valence-electron chi connectivity index (χ1n) is 9.90. The van der Waals surface area contributed by atoms with Gasteiger partial charge in [-0.2, -0.15) is 0 Å². The number of hydrogen-bond donors (Lipinski definition) is 1. The molecule has 28 heavy (non-hydrogen) atoms. The predicted molar refractivity (Wildman–Crippen MR) is 113 cm³/mol. The summed E-state index contributed by atoms with van der Waals surface area (Å²) >= 11 is 1.64. The zero-order chi connectivity index (χ0) is 19.9. The van der Waals surface area contributed by atoms with Crippen LogP contribution in [0.5, 0.6) is 0 Å². The van der Waals surface area contributed by atoms with Gasteiger partial charge in [0.05, 0.1) is 11.1 Å². The number of thiophene rings is 1. The molecule has 2 amide bonds. The van der Waals surface area contributed by atoms with Crippen LogP contribution >= 0.6 is 11.3 Å². The second kappa shape index (κ2) is 6.96. The monoisotopic (exact) mass is 394 g/mol. The maximum Gasteiger partial charge on any atom is 0.257 e. The minimum atomic E-state index is -0.476.